The highest BCUT2D eigenvalue weighted by Crippen LogP contribution is 2.26. The zero-order valence-electron chi connectivity index (χ0n) is 12.0. The number of carbonyl (C=O) groups is 2. The third-order valence-corrected chi connectivity index (χ3v) is 4.44. The van der Waals surface area contributed by atoms with Gasteiger partial charge in [0.05, 0.1) is 5.92 Å². The van der Waals surface area contributed by atoms with Crippen molar-refractivity contribution >= 4 is 11.9 Å². The van der Waals surface area contributed by atoms with E-state index in [-0.39, 0.29) is 24.5 Å². The molecule has 2 unspecified atom stereocenters. The Hall–Kier alpha value is -1.30. The maximum Gasteiger partial charge on any atom is 0.314 e. The molecular formula is C14H25N3O3. The van der Waals surface area contributed by atoms with Gasteiger partial charge in [0.2, 0.25) is 5.91 Å². The Labute approximate surface area is 119 Å². The molecule has 2 saturated heterocycles. The third-order valence-electron chi connectivity index (χ3n) is 4.44. The lowest BCUT2D eigenvalue weighted by atomic mass is 9.96. The van der Waals surface area contributed by atoms with Crippen LogP contribution in [0.3, 0.4) is 0 Å². The minimum atomic E-state index is -0.430. The Morgan fingerprint density at radius 3 is 2.65 bits per heavy atom. The molecule has 2 heterocycles. The first-order valence-corrected chi connectivity index (χ1v) is 7.59. The highest BCUT2D eigenvalue weighted by atomic mass is 16.3. The summed E-state index contributed by atoms with van der Waals surface area (Å²) in [6.07, 6.45) is 5.35. The molecule has 0 aromatic rings. The van der Waals surface area contributed by atoms with Crippen molar-refractivity contribution in [3.05, 3.63) is 0 Å². The lowest BCUT2D eigenvalue weighted by Crippen LogP contribution is -2.49. The van der Waals surface area contributed by atoms with Gasteiger partial charge in [0.1, 0.15) is 0 Å². The van der Waals surface area contributed by atoms with Gasteiger partial charge in [0.25, 0.3) is 0 Å². The van der Waals surface area contributed by atoms with Gasteiger partial charge in [-0.3, -0.25) is 4.79 Å². The van der Waals surface area contributed by atoms with Crippen LogP contribution in [-0.2, 0) is 4.79 Å². The quantitative estimate of drug-likeness (QED) is 0.789. The van der Waals surface area contributed by atoms with E-state index >= 15 is 0 Å². The van der Waals surface area contributed by atoms with Crippen molar-refractivity contribution in [1.82, 2.24) is 9.80 Å². The molecule has 2 aliphatic heterocycles. The molecule has 2 aliphatic rings. The van der Waals surface area contributed by atoms with Gasteiger partial charge in [-0.15, -0.1) is 0 Å². The van der Waals surface area contributed by atoms with Crippen LogP contribution in [0, 0.1) is 5.92 Å². The number of nitrogens with zero attached hydrogens (tertiary/aromatic N) is 2. The Balaban J connectivity index is 1.93. The highest BCUT2D eigenvalue weighted by Gasteiger charge is 2.35. The number of piperidine rings is 1. The SMILES string of the molecule is NC(=O)N1CCCC(C(=O)N2CCCC2CCCO)C1. The number of likely N-dealkylation sites (tertiary alicyclic amines) is 2. The fourth-order valence-electron chi connectivity index (χ4n) is 3.37. The molecule has 0 aromatic heterocycles. The molecule has 3 N–H and O–H groups in total. The first-order valence-electron chi connectivity index (χ1n) is 7.59. The average Bonchev–Trinajstić information content (AvgIpc) is 2.92. The Kier molecular flexibility index (Phi) is 5.23. The monoisotopic (exact) mass is 283 g/mol. The fraction of sp³-hybridized carbons (Fsp3) is 0.857. The van der Waals surface area contributed by atoms with E-state index in [0.717, 1.165) is 45.1 Å². The van der Waals surface area contributed by atoms with Gasteiger partial charge < -0.3 is 20.6 Å². The van der Waals surface area contributed by atoms with Crippen LogP contribution in [0.15, 0.2) is 0 Å². The molecular weight excluding hydrogens is 258 g/mol. The number of amides is 3. The van der Waals surface area contributed by atoms with Crippen LogP contribution in [0.1, 0.15) is 38.5 Å². The van der Waals surface area contributed by atoms with Crippen molar-refractivity contribution < 1.29 is 14.7 Å². The van der Waals surface area contributed by atoms with Gasteiger partial charge in [0, 0.05) is 32.3 Å². The van der Waals surface area contributed by atoms with Crippen LogP contribution >= 0.6 is 0 Å². The zero-order valence-corrected chi connectivity index (χ0v) is 12.0. The van der Waals surface area contributed by atoms with Crippen molar-refractivity contribution in [2.24, 2.45) is 11.7 Å². The summed E-state index contributed by atoms with van der Waals surface area (Å²) in [6.45, 7) is 2.10. The fourth-order valence-corrected chi connectivity index (χ4v) is 3.37. The van der Waals surface area contributed by atoms with E-state index in [2.05, 4.69) is 0 Å². The van der Waals surface area contributed by atoms with E-state index in [0.29, 0.717) is 13.1 Å². The van der Waals surface area contributed by atoms with Crippen LogP contribution < -0.4 is 5.73 Å². The second kappa shape index (κ2) is 6.92. The third kappa shape index (κ3) is 3.42. The second-order valence-electron chi connectivity index (χ2n) is 5.82. The highest BCUT2D eigenvalue weighted by molar-refractivity contribution is 5.81. The summed E-state index contributed by atoms with van der Waals surface area (Å²) in [4.78, 5) is 27.4. The molecule has 0 bridgehead atoms. The molecule has 0 spiro atoms. The summed E-state index contributed by atoms with van der Waals surface area (Å²) in [5.74, 6) is 0.0577. The number of aliphatic hydroxyl groups is 1. The number of hydrogen-bond donors (Lipinski definition) is 2. The van der Waals surface area contributed by atoms with Gasteiger partial charge in [-0.1, -0.05) is 0 Å². The maximum atomic E-state index is 12.6. The number of urea groups is 1. The Morgan fingerprint density at radius 1 is 1.20 bits per heavy atom. The minimum Gasteiger partial charge on any atom is -0.396 e. The predicted octanol–water partition coefficient (Wildman–Crippen LogP) is 0.541. The van der Waals surface area contributed by atoms with Crippen molar-refractivity contribution in [1.29, 1.82) is 0 Å². The van der Waals surface area contributed by atoms with Crippen molar-refractivity contribution in [2.45, 2.75) is 44.6 Å². The lowest BCUT2D eigenvalue weighted by molar-refractivity contribution is -0.137. The number of hydrogen-bond acceptors (Lipinski definition) is 3. The Bertz CT molecular complexity index is 362. The van der Waals surface area contributed by atoms with Crippen molar-refractivity contribution in [3.63, 3.8) is 0 Å². The summed E-state index contributed by atoms with van der Waals surface area (Å²) in [5, 5.41) is 8.93. The van der Waals surface area contributed by atoms with Crippen LogP contribution in [0.4, 0.5) is 4.79 Å². The molecule has 20 heavy (non-hydrogen) atoms. The number of primary amides is 1. The van der Waals surface area contributed by atoms with E-state index in [1.807, 2.05) is 4.90 Å². The number of rotatable bonds is 4. The summed E-state index contributed by atoms with van der Waals surface area (Å²) in [5.41, 5.74) is 5.31. The molecule has 0 aliphatic carbocycles. The molecule has 2 rings (SSSR count). The van der Waals surface area contributed by atoms with Gasteiger partial charge in [-0.05, 0) is 38.5 Å². The van der Waals surface area contributed by atoms with E-state index in [9.17, 15) is 9.59 Å². The van der Waals surface area contributed by atoms with Crippen LogP contribution in [0.25, 0.3) is 0 Å². The largest absolute Gasteiger partial charge is 0.396 e. The molecule has 2 fully saturated rings. The standard InChI is InChI=1S/C14H25N3O3/c15-14(20)16-7-1-4-11(10-16)13(19)17-8-2-5-12(17)6-3-9-18/h11-12,18H,1-10H2,(H2,15,20). The number of aliphatic hydroxyl groups excluding tert-OH is 1. The average molecular weight is 283 g/mol. The van der Waals surface area contributed by atoms with Gasteiger partial charge in [-0.25, -0.2) is 4.79 Å². The molecule has 114 valence electrons. The molecule has 6 heteroatoms. The molecule has 0 saturated carbocycles. The van der Waals surface area contributed by atoms with Gasteiger partial charge in [-0.2, -0.15) is 0 Å². The molecule has 0 aromatic carbocycles. The van der Waals surface area contributed by atoms with E-state index in [1.54, 1.807) is 4.90 Å². The van der Waals surface area contributed by atoms with Crippen molar-refractivity contribution in [2.75, 3.05) is 26.2 Å². The van der Waals surface area contributed by atoms with Crippen LogP contribution in [-0.4, -0.2) is 59.1 Å². The second-order valence-corrected chi connectivity index (χ2v) is 5.82. The maximum absolute atomic E-state index is 12.6. The summed E-state index contributed by atoms with van der Waals surface area (Å²) in [6, 6.07) is -0.167. The van der Waals surface area contributed by atoms with Crippen molar-refractivity contribution in [3.8, 4) is 0 Å². The van der Waals surface area contributed by atoms with E-state index < -0.39 is 6.03 Å². The number of carbonyl (C=O) groups excluding carboxylic acids is 2. The van der Waals surface area contributed by atoms with E-state index in [4.69, 9.17) is 10.8 Å². The molecule has 6 nitrogen and oxygen atoms in total. The van der Waals surface area contributed by atoms with Gasteiger partial charge in [0.15, 0.2) is 0 Å². The van der Waals surface area contributed by atoms with Crippen LogP contribution in [0.2, 0.25) is 0 Å². The summed E-state index contributed by atoms with van der Waals surface area (Å²) in [7, 11) is 0. The minimum absolute atomic E-state index is 0.106. The van der Waals surface area contributed by atoms with Gasteiger partial charge >= 0.3 is 6.03 Å². The van der Waals surface area contributed by atoms with Crippen LogP contribution in [0.5, 0.6) is 0 Å². The smallest absolute Gasteiger partial charge is 0.314 e. The first-order chi connectivity index (χ1) is 9.63. The topological polar surface area (TPSA) is 86.9 Å². The predicted molar refractivity (Wildman–Crippen MR) is 74.9 cm³/mol. The molecule has 0 radical (unpaired) electrons. The zero-order chi connectivity index (χ0) is 14.5. The summed E-state index contributed by atoms with van der Waals surface area (Å²) >= 11 is 0. The summed E-state index contributed by atoms with van der Waals surface area (Å²) < 4.78 is 0. The Morgan fingerprint density at radius 2 is 1.95 bits per heavy atom. The van der Waals surface area contributed by atoms with E-state index in [1.165, 1.54) is 0 Å². The molecule has 3 amide bonds. The first kappa shape index (κ1) is 15.1. The number of nitrogens with two attached hydrogens (primary N) is 1. The normalized spacial score (nSPS) is 26.9. The lowest BCUT2D eigenvalue weighted by Gasteiger charge is -2.35. The molecule has 2 atom stereocenters.